The smallest absolute Gasteiger partial charge is 0.303 e. The van der Waals surface area contributed by atoms with Gasteiger partial charge in [0.05, 0.1) is 0 Å². The molecule has 0 radical (unpaired) electrons. The van der Waals surface area contributed by atoms with Gasteiger partial charge in [0.1, 0.15) is 0 Å². The number of rotatable bonds is 5. The Balaban J connectivity index is 1.91. The Bertz CT molecular complexity index is 747. The third-order valence-electron chi connectivity index (χ3n) is 3.06. The maximum absolute atomic E-state index is 11.8. The van der Waals surface area contributed by atoms with Crippen LogP contribution in [-0.4, -0.2) is 23.5 Å². The van der Waals surface area contributed by atoms with Crippen LogP contribution in [0.5, 0.6) is 0 Å². The van der Waals surface area contributed by atoms with E-state index in [9.17, 15) is 9.59 Å². The second-order valence-corrected chi connectivity index (χ2v) is 5.03. The molecule has 5 nitrogen and oxygen atoms in total. The Hall–Kier alpha value is -3.00. The minimum absolute atomic E-state index is 0.0196. The fourth-order valence-corrected chi connectivity index (χ4v) is 1.83. The highest BCUT2D eigenvalue weighted by molar-refractivity contribution is 5.91. The molecule has 0 atom stereocenters. The number of aryl methyl sites for hydroxylation is 1. The van der Waals surface area contributed by atoms with Gasteiger partial charge in [-0.25, -0.2) is 0 Å². The fraction of sp³-hybridized carbons (Fsp3) is 0.222. The van der Waals surface area contributed by atoms with Crippen LogP contribution >= 0.6 is 0 Å². The fourth-order valence-electron chi connectivity index (χ4n) is 1.83. The molecule has 2 N–H and O–H groups in total. The highest BCUT2D eigenvalue weighted by atomic mass is 16.4. The van der Waals surface area contributed by atoms with Crippen molar-refractivity contribution in [1.82, 2.24) is 5.32 Å². The molecule has 1 heterocycles. The number of carboxylic acids is 1. The third-order valence-corrected chi connectivity index (χ3v) is 3.06. The van der Waals surface area contributed by atoms with Gasteiger partial charge in [-0.05, 0) is 43.5 Å². The predicted molar refractivity (Wildman–Crippen MR) is 85.1 cm³/mol. The van der Waals surface area contributed by atoms with Gasteiger partial charge in [-0.15, -0.1) is 0 Å². The van der Waals surface area contributed by atoms with E-state index in [1.54, 1.807) is 12.1 Å². The Morgan fingerprint density at radius 3 is 2.57 bits per heavy atom. The van der Waals surface area contributed by atoms with Crippen molar-refractivity contribution in [2.24, 2.45) is 0 Å². The van der Waals surface area contributed by atoms with Crippen LogP contribution in [0.1, 0.15) is 40.3 Å². The normalized spacial score (nSPS) is 9.78. The first-order chi connectivity index (χ1) is 11.0. The van der Waals surface area contributed by atoms with Crippen molar-refractivity contribution in [2.75, 3.05) is 6.54 Å². The van der Waals surface area contributed by atoms with Crippen LogP contribution in [0.15, 0.2) is 40.8 Å². The lowest BCUT2D eigenvalue weighted by Gasteiger charge is -2.00. The van der Waals surface area contributed by atoms with E-state index in [2.05, 4.69) is 17.2 Å². The quantitative estimate of drug-likeness (QED) is 0.657. The monoisotopic (exact) mass is 311 g/mol. The summed E-state index contributed by atoms with van der Waals surface area (Å²) in [7, 11) is 0. The van der Waals surface area contributed by atoms with E-state index >= 15 is 0 Å². The van der Waals surface area contributed by atoms with Crippen molar-refractivity contribution in [3.8, 4) is 11.8 Å². The van der Waals surface area contributed by atoms with Crippen LogP contribution < -0.4 is 5.32 Å². The number of carboxylic acid groups (broad SMARTS) is 1. The first-order valence-corrected chi connectivity index (χ1v) is 7.23. The van der Waals surface area contributed by atoms with Gasteiger partial charge in [-0.2, -0.15) is 0 Å². The van der Waals surface area contributed by atoms with Crippen LogP contribution in [0.25, 0.3) is 0 Å². The number of carbonyl (C=O) groups excluding carboxylic acids is 1. The lowest BCUT2D eigenvalue weighted by molar-refractivity contribution is -0.137. The summed E-state index contributed by atoms with van der Waals surface area (Å²) in [6, 6.07) is 11.0. The van der Waals surface area contributed by atoms with E-state index in [0.29, 0.717) is 12.2 Å². The highest BCUT2D eigenvalue weighted by Gasteiger charge is 2.09. The molecule has 23 heavy (non-hydrogen) atoms. The summed E-state index contributed by atoms with van der Waals surface area (Å²) < 4.78 is 5.37. The molecule has 0 unspecified atom stereocenters. The van der Waals surface area contributed by atoms with Crippen LogP contribution in [0.4, 0.5) is 0 Å². The topological polar surface area (TPSA) is 79.5 Å². The molecule has 1 aromatic carbocycles. The Labute approximate surface area is 134 Å². The molecule has 2 rings (SSSR count). The molecule has 0 fully saturated rings. The molecule has 0 saturated heterocycles. The Morgan fingerprint density at radius 2 is 1.87 bits per heavy atom. The maximum atomic E-state index is 11.8. The number of amides is 1. The molecule has 0 spiro atoms. The molecule has 1 aromatic heterocycles. The average molecular weight is 311 g/mol. The molecule has 0 aliphatic rings. The van der Waals surface area contributed by atoms with Gasteiger partial charge in [0.2, 0.25) is 0 Å². The van der Waals surface area contributed by atoms with E-state index in [0.717, 1.165) is 11.1 Å². The summed E-state index contributed by atoms with van der Waals surface area (Å²) in [6.07, 6.45) is 0.396. The highest BCUT2D eigenvalue weighted by Crippen LogP contribution is 2.07. The number of hydrogen-bond acceptors (Lipinski definition) is 3. The molecule has 5 heteroatoms. The van der Waals surface area contributed by atoms with Crippen molar-refractivity contribution >= 4 is 11.9 Å². The van der Waals surface area contributed by atoms with E-state index in [-0.39, 0.29) is 24.6 Å². The largest absolute Gasteiger partial charge is 0.481 e. The number of furan rings is 1. The summed E-state index contributed by atoms with van der Waals surface area (Å²) in [5.74, 6) is 5.13. The van der Waals surface area contributed by atoms with Crippen LogP contribution in [0.3, 0.4) is 0 Å². The van der Waals surface area contributed by atoms with Gasteiger partial charge in [0.15, 0.2) is 11.5 Å². The Morgan fingerprint density at radius 1 is 1.13 bits per heavy atom. The molecule has 2 aromatic rings. The van der Waals surface area contributed by atoms with E-state index in [1.165, 1.54) is 0 Å². The van der Waals surface area contributed by atoms with Crippen molar-refractivity contribution in [3.05, 3.63) is 59.0 Å². The maximum Gasteiger partial charge on any atom is 0.303 e. The standard InChI is InChI=1S/C18H17NO4/c1-13-4-6-14(7-5-13)8-9-15-10-11-16(23-15)18(22)19-12-2-3-17(20)21/h4-7,10-11H,2-3,12H2,1H3,(H,19,22)(H,20,21). The van der Waals surface area contributed by atoms with Gasteiger partial charge in [0, 0.05) is 18.5 Å². The SMILES string of the molecule is Cc1ccc(C#Cc2ccc(C(=O)NCCCC(=O)O)o2)cc1. The second-order valence-electron chi connectivity index (χ2n) is 5.03. The van der Waals surface area contributed by atoms with Gasteiger partial charge in [0.25, 0.3) is 5.91 Å². The number of nitrogens with one attached hydrogen (secondary N) is 1. The zero-order valence-corrected chi connectivity index (χ0v) is 12.8. The molecule has 1 amide bonds. The zero-order valence-electron chi connectivity index (χ0n) is 12.8. The summed E-state index contributed by atoms with van der Waals surface area (Å²) >= 11 is 0. The second kappa shape index (κ2) is 7.85. The molecule has 118 valence electrons. The van der Waals surface area contributed by atoms with E-state index < -0.39 is 5.97 Å². The Kier molecular flexibility index (Phi) is 5.59. The molecule has 0 aliphatic carbocycles. The number of hydrogen-bond donors (Lipinski definition) is 2. The zero-order chi connectivity index (χ0) is 16.7. The van der Waals surface area contributed by atoms with Gasteiger partial charge >= 0.3 is 5.97 Å². The minimum atomic E-state index is -0.883. The lowest BCUT2D eigenvalue weighted by atomic mass is 10.1. The van der Waals surface area contributed by atoms with Crippen molar-refractivity contribution in [1.29, 1.82) is 0 Å². The summed E-state index contributed by atoms with van der Waals surface area (Å²) in [5, 5.41) is 11.1. The van der Waals surface area contributed by atoms with Crippen LogP contribution in [0, 0.1) is 18.8 Å². The molecule has 0 saturated carbocycles. The van der Waals surface area contributed by atoms with Crippen molar-refractivity contribution in [2.45, 2.75) is 19.8 Å². The van der Waals surface area contributed by atoms with Gasteiger partial charge in [-0.1, -0.05) is 23.6 Å². The molecular weight excluding hydrogens is 294 g/mol. The van der Waals surface area contributed by atoms with Crippen LogP contribution in [-0.2, 0) is 4.79 Å². The molecule has 0 bridgehead atoms. The predicted octanol–water partition coefficient (Wildman–Crippen LogP) is 2.58. The average Bonchev–Trinajstić information content (AvgIpc) is 3.00. The van der Waals surface area contributed by atoms with E-state index in [1.807, 2.05) is 31.2 Å². The summed E-state index contributed by atoms with van der Waals surface area (Å²) in [6.45, 7) is 2.29. The minimum Gasteiger partial charge on any atom is -0.481 e. The number of aliphatic carboxylic acids is 1. The van der Waals surface area contributed by atoms with Gasteiger partial charge < -0.3 is 14.8 Å². The van der Waals surface area contributed by atoms with Gasteiger partial charge in [-0.3, -0.25) is 9.59 Å². The summed E-state index contributed by atoms with van der Waals surface area (Å²) in [5.41, 5.74) is 2.03. The van der Waals surface area contributed by atoms with Crippen LogP contribution in [0.2, 0.25) is 0 Å². The van der Waals surface area contributed by atoms with Crippen molar-refractivity contribution < 1.29 is 19.1 Å². The summed E-state index contributed by atoms with van der Waals surface area (Å²) in [4.78, 5) is 22.2. The first kappa shape index (κ1) is 16.4. The number of benzene rings is 1. The lowest BCUT2D eigenvalue weighted by Crippen LogP contribution is -2.24. The van der Waals surface area contributed by atoms with Crippen molar-refractivity contribution in [3.63, 3.8) is 0 Å². The number of carbonyl (C=O) groups is 2. The molecule has 0 aliphatic heterocycles. The van der Waals surface area contributed by atoms with E-state index in [4.69, 9.17) is 9.52 Å². The third kappa shape index (κ3) is 5.36. The first-order valence-electron chi connectivity index (χ1n) is 7.23. The molecular formula is C18H17NO4.